The smallest absolute Gasteiger partial charge is 0.224 e. The van der Waals surface area contributed by atoms with Gasteiger partial charge in [-0.05, 0) is 11.8 Å². The number of rotatable bonds is 5. The molecule has 0 radical (unpaired) electrons. The van der Waals surface area contributed by atoms with E-state index >= 15 is 0 Å². The average Bonchev–Trinajstić information content (AvgIpc) is 2.08. The monoisotopic (exact) mass is 198 g/mol. The van der Waals surface area contributed by atoms with Crippen LogP contribution in [0.1, 0.15) is 27.2 Å². The van der Waals surface area contributed by atoms with Crippen molar-refractivity contribution in [3.05, 3.63) is 12.7 Å². The first-order valence-electron chi connectivity index (χ1n) is 4.99. The molecule has 3 N–H and O–H groups in total. The van der Waals surface area contributed by atoms with Gasteiger partial charge in [-0.1, -0.05) is 26.8 Å². The zero-order chi connectivity index (χ0) is 11.2. The summed E-state index contributed by atoms with van der Waals surface area (Å²) in [5.41, 5.74) is 5.70. The van der Waals surface area contributed by atoms with Gasteiger partial charge in [-0.2, -0.15) is 0 Å². The van der Waals surface area contributed by atoms with Crippen LogP contribution in [0.25, 0.3) is 0 Å². The van der Waals surface area contributed by atoms with Crippen LogP contribution >= 0.6 is 0 Å². The van der Waals surface area contributed by atoms with E-state index in [0.717, 1.165) is 6.42 Å². The summed E-state index contributed by atoms with van der Waals surface area (Å²) in [6.07, 6.45) is 2.48. The third-order valence-corrected chi connectivity index (χ3v) is 1.93. The van der Waals surface area contributed by atoms with Crippen molar-refractivity contribution in [1.29, 1.82) is 0 Å². The molecule has 0 aromatic heterocycles. The van der Waals surface area contributed by atoms with Gasteiger partial charge >= 0.3 is 0 Å². The summed E-state index contributed by atoms with van der Waals surface area (Å²) in [4.78, 5) is 11.6. The van der Waals surface area contributed by atoms with Gasteiger partial charge in [0.25, 0.3) is 0 Å². The van der Waals surface area contributed by atoms with Crippen molar-refractivity contribution in [3.8, 4) is 0 Å². The average molecular weight is 198 g/mol. The molecule has 0 aliphatic carbocycles. The van der Waals surface area contributed by atoms with Crippen LogP contribution in [-0.4, -0.2) is 19.0 Å². The highest BCUT2D eigenvalue weighted by atomic mass is 16.1. The molecule has 0 saturated carbocycles. The molecule has 3 nitrogen and oxygen atoms in total. The number of nitrogens with one attached hydrogen (secondary N) is 1. The first kappa shape index (κ1) is 13.2. The highest BCUT2D eigenvalue weighted by Crippen LogP contribution is 2.23. The Morgan fingerprint density at radius 1 is 1.57 bits per heavy atom. The second-order valence-electron chi connectivity index (χ2n) is 4.73. The fourth-order valence-corrected chi connectivity index (χ4v) is 1.34. The Balaban J connectivity index is 4.12. The van der Waals surface area contributed by atoms with Crippen LogP contribution in [0, 0.1) is 11.3 Å². The second-order valence-corrected chi connectivity index (χ2v) is 4.73. The van der Waals surface area contributed by atoms with Crippen molar-refractivity contribution >= 4 is 5.91 Å². The quantitative estimate of drug-likeness (QED) is 0.654. The van der Waals surface area contributed by atoms with Crippen molar-refractivity contribution in [1.82, 2.24) is 5.32 Å². The lowest BCUT2D eigenvalue weighted by molar-refractivity contribution is -0.125. The van der Waals surface area contributed by atoms with Crippen molar-refractivity contribution in [2.75, 3.05) is 13.1 Å². The van der Waals surface area contributed by atoms with Gasteiger partial charge in [0.15, 0.2) is 0 Å². The molecule has 0 aliphatic rings. The molecular weight excluding hydrogens is 176 g/mol. The van der Waals surface area contributed by atoms with E-state index in [9.17, 15) is 4.79 Å². The first-order valence-corrected chi connectivity index (χ1v) is 4.99. The van der Waals surface area contributed by atoms with Crippen molar-refractivity contribution in [2.45, 2.75) is 27.2 Å². The standard InChI is InChI=1S/C11H22N2O/c1-5-6-13-10(14)9(8-12)7-11(2,3)4/h5,9H,1,6-8,12H2,2-4H3,(H,13,14). The predicted molar refractivity (Wildman–Crippen MR) is 59.8 cm³/mol. The normalized spacial score (nSPS) is 13.4. The summed E-state index contributed by atoms with van der Waals surface area (Å²) in [6, 6.07) is 0. The fourth-order valence-electron chi connectivity index (χ4n) is 1.34. The molecule has 0 aromatic carbocycles. The van der Waals surface area contributed by atoms with Crippen LogP contribution < -0.4 is 11.1 Å². The van der Waals surface area contributed by atoms with E-state index in [1.807, 2.05) is 0 Å². The molecule has 1 atom stereocenters. The van der Waals surface area contributed by atoms with Crippen LogP contribution in [0.4, 0.5) is 0 Å². The van der Waals surface area contributed by atoms with Gasteiger partial charge in [0.1, 0.15) is 0 Å². The summed E-state index contributed by atoms with van der Waals surface area (Å²) in [5.74, 6) is -0.0581. The van der Waals surface area contributed by atoms with Gasteiger partial charge in [0.05, 0.1) is 5.92 Å². The number of amides is 1. The maximum absolute atomic E-state index is 11.6. The van der Waals surface area contributed by atoms with Crippen molar-refractivity contribution in [3.63, 3.8) is 0 Å². The van der Waals surface area contributed by atoms with Crippen molar-refractivity contribution in [2.24, 2.45) is 17.1 Å². The number of nitrogens with two attached hydrogens (primary N) is 1. The third kappa shape index (κ3) is 5.75. The van der Waals surface area contributed by atoms with Gasteiger partial charge in [0.2, 0.25) is 5.91 Å². The molecule has 3 heteroatoms. The first-order chi connectivity index (χ1) is 6.40. The molecule has 0 bridgehead atoms. The van der Waals surface area contributed by atoms with E-state index in [-0.39, 0.29) is 17.2 Å². The van der Waals surface area contributed by atoms with Gasteiger partial charge in [-0.25, -0.2) is 0 Å². The predicted octanol–water partition coefficient (Wildman–Crippen LogP) is 1.30. The Kier molecular flexibility index (Phi) is 5.46. The number of carbonyl (C=O) groups is 1. The molecule has 0 fully saturated rings. The molecule has 0 saturated heterocycles. The summed E-state index contributed by atoms with van der Waals surface area (Å²) >= 11 is 0. The second kappa shape index (κ2) is 5.81. The van der Waals surface area contributed by atoms with E-state index in [4.69, 9.17) is 5.73 Å². The summed E-state index contributed by atoms with van der Waals surface area (Å²) in [6.45, 7) is 10.8. The van der Waals surface area contributed by atoms with Gasteiger partial charge in [-0.15, -0.1) is 6.58 Å². The van der Waals surface area contributed by atoms with Gasteiger partial charge in [0, 0.05) is 13.1 Å². The van der Waals surface area contributed by atoms with E-state index < -0.39 is 0 Å². The largest absolute Gasteiger partial charge is 0.352 e. The Hall–Kier alpha value is -0.830. The van der Waals surface area contributed by atoms with E-state index in [1.165, 1.54) is 0 Å². The van der Waals surface area contributed by atoms with E-state index in [2.05, 4.69) is 32.7 Å². The molecule has 0 heterocycles. The summed E-state index contributed by atoms with van der Waals surface area (Å²) in [7, 11) is 0. The molecule has 1 unspecified atom stereocenters. The topological polar surface area (TPSA) is 55.1 Å². The number of hydrogen-bond donors (Lipinski definition) is 2. The van der Waals surface area contributed by atoms with Gasteiger partial charge in [-0.3, -0.25) is 4.79 Å². The minimum absolute atomic E-state index is 0.0299. The number of carbonyl (C=O) groups excluding carboxylic acids is 1. The van der Waals surface area contributed by atoms with E-state index in [1.54, 1.807) is 6.08 Å². The van der Waals surface area contributed by atoms with Crippen LogP contribution in [0.15, 0.2) is 12.7 Å². The SMILES string of the molecule is C=CCNC(=O)C(CN)CC(C)(C)C. The van der Waals surface area contributed by atoms with E-state index in [0.29, 0.717) is 13.1 Å². The molecule has 82 valence electrons. The summed E-state index contributed by atoms with van der Waals surface area (Å²) < 4.78 is 0. The van der Waals surface area contributed by atoms with Crippen LogP contribution in [-0.2, 0) is 4.79 Å². The van der Waals surface area contributed by atoms with Gasteiger partial charge < -0.3 is 11.1 Å². The van der Waals surface area contributed by atoms with Crippen LogP contribution in [0.3, 0.4) is 0 Å². The molecule has 0 spiro atoms. The molecule has 0 rings (SSSR count). The Morgan fingerprint density at radius 3 is 2.50 bits per heavy atom. The maximum Gasteiger partial charge on any atom is 0.224 e. The zero-order valence-corrected chi connectivity index (χ0v) is 9.47. The zero-order valence-electron chi connectivity index (χ0n) is 9.47. The van der Waals surface area contributed by atoms with Crippen LogP contribution in [0.5, 0.6) is 0 Å². The Labute approximate surface area is 86.8 Å². The molecule has 0 aromatic rings. The fraction of sp³-hybridized carbons (Fsp3) is 0.727. The minimum Gasteiger partial charge on any atom is -0.352 e. The molecule has 0 aliphatic heterocycles. The lowest BCUT2D eigenvalue weighted by atomic mass is 9.84. The Morgan fingerprint density at radius 2 is 2.14 bits per heavy atom. The third-order valence-electron chi connectivity index (χ3n) is 1.93. The number of hydrogen-bond acceptors (Lipinski definition) is 2. The molecule has 1 amide bonds. The van der Waals surface area contributed by atoms with Crippen LogP contribution in [0.2, 0.25) is 0 Å². The molecule has 14 heavy (non-hydrogen) atoms. The Bertz CT molecular complexity index is 194. The molecular formula is C11H22N2O. The van der Waals surface area contributed by atoms with Crippen molar-refractivity contribution < 1.29 is 4.79 Å². The lowest BCUT2D eigenvalue weighted by Crippen LogP contribution is -2.37. The maximum atomic E-state index is 11.6. The summed E-state index contributed by atoms with van der Waals surface area (Å²) in [5, 5.41) is 2.77. The highest BCUT2D eigenvalue weighted by molar-refractivity contribution is 5.79. The minimum atomic E-state index is -0.0880. The highest BCUT2D eigenvalue weighted by Gasteiger charge is 2.22. The lowest BCUT2D eigenvalue weighted by Gasteiger charge is -2.24.